The van der Waals surface area contributed by atoms with Crippen molar-refractivity contribution in [2.75, 3.05) is 39.3 Å². The predicted octanol–water partition coefficient (Wildman–Crippen LogP) is 0.138. The molecule has 0 spiro atoms. The second kappa shape index (κ2) is 6.77. The Bertz CT molecular complexity index is 458. The summed E-state index contributed by atoms with van der Waals surface area (Å²) >= 11 is 0. The minimum atomic E-state index is -0.0402. The summed E-state index contributed by atoms with van der Waals surface area (Å²) in [5.41, 5.74) is 0. The van der Waals surface area contributed by atoms with Crippen LogP contribution in [0.15, 0.2) is 0 Å². The molecular formula is C17H30N4O2. The summed E-state index contributed by atoms with van der Waals surface area (Å²) in [6, 6.07) is 0.891. The monoisotopic (exact) mass is 322 g/mol. The van der Waals surface area contributed by atoms with Crippen LogP contribution in [0.4, 0.5) is 0 Å². The SMILES string of the molecule is CC(=O)N1CCN([C@@H]2CN([C@@H](C)C(=O)NC3CC3)C[C@@H]2C)CC1. The lowest BCUT2D eigenvalue weighted by Gasteiger charge is -2.39. The molecule has 130 valence electrons. The van der Waals surface area contributed by atoms with Gasteiger partial charge >= 0.3 is 0 Å². The zero-order valence-electron chi connectivity index (χ0n) is 14.6. The van der Waals surface area contributed by atoms with Crippen molar-refractivity contribution in [2.24, 2.45) is 5.92 Å². The first-order chi connectivity index (χ1) is 11.0. The second-order valence-corrected chi connectivity index (χ2v) is 7.50. The van der Waals surface area contributed by atoms with E-state index >= 15 is 0 Å². The topological polar surface area (TPSA) is 55.9 Å². The van der Waals surface area contributed by atoms with E-state index in [1.54, 1.807) is 6.92 Å². The third kappa shape index (κ3) is 3.86. The van der Waals surface area contributed by atoms with E-state index in [4.69, 9.17) is 0 Å². The van der Waals surface area contributed by atoms with Gasteiger partial charge in [-0.3, -0.25) is 19.4 Å². The van der Waals surface area contributed by atoms with Crippen molar-refractivity contribution >= 4 is 11.8 Å². The minimum Gasteiger partial charge on any atom is -0.352 e. The molecule has 3 fully saturated rings. The third-order valence-corrected chi connectivity index (χ3v) is 5.68. The van der Waals surface area contributed by atoms with Crippen LogP contribution < -0.4 is 5.32 Å². The number of piperazine rings is 1. The summed E-state index contributed by atoms with van der Waals surface area (Å²) < 4.78 is 0. The van der Waals surface area contributed by atoms with E-state index in [1.807, 2.05) is 11.8 Å². The minimum absolute atomic E-state index is 0.0402. The normalized spacial score (nSPS) is 31.2. The van der Waals surface area contributed by atoms with E-state index in [9.17, 15) is 9.59 Å². The van der Waals surface area contributed by atoms with E-state index in [1.165, 1.54) is 0 Å². The number of nitrogens with zero attached hydrogens (tertiary/aromatic N) is 3. The fourth-order valence-electron chi connectivity index (χ4n) is 3.86. The van der Waals surface area contributed by atoms with Gasteiger partial charge in [-0.05, 0) is 25.7 Å². The molecule has 0 bridgehead atoms. The molecule has 3 atom stereocenters. The van der Waals surface area contributed by atoms with E-state index in [2.05, 4.69) is 22.0 Å². The number of likely N-dealkylation sites (tertiary alicyclic amines) is 1. The van der Waals surface area contributed by atoms with E-state index in [-0.39, 0.29) is 17.9 Å². The fraction of sp³-hybridized carbons (Fsp3) is 0.882. The van der Waals surface area contributed by atoms with Gasteiger partial charge in [0, 0.05) is 58.3 Å². The van der Waals surface area contributed by atoms with Gasteiger partial charge in [0.1, 0.15) is 0 Å². The summed E-state index contributed by atoms with van der Waals surface area (Å²) in [6.07, 6.45) is 2.27. The van der Waals surface area contributed by atoms with Crippen molar-refractivity contribution in [1.82, 2.24) is 20.0 Å². The van der Waals surface area contributed by atoms with Gasteiger partial charge in [-0.25, -0.2) is 0 Å². The molecule has 1 N–H and O–H groups in total. The summed E-state index contributed by atoms with van der Waals surface area (Å²) in [6.45, 7) is 11.5. The summed E-state index contributed by atoms with van der Waals surface area (Å²) in [5.74, 6) is 0.924. The smallest absolute Gasteiger partial charge is 0.237 e. The molecule has 0 aromatic rings. The van der Waals surface area contributed by atoms with E-state index in [0.717, 1.165) is 52.1 Å². The van der Waals surface area contributed by atoms with Crippen molar-refractivity contribution in [3.63, 3.8) is 0 Å². The zero-order chi connectivity index (χ0) is 16.6. The maximum absolute atomic E-state index is 12.3. The van der Waals surface area contributed by atoms with Gasteiger partial charge < -0.3 is 10.2 Å². The first-order valence-corrected chi connectivity index (χ1v) is 8.99. The second-order valence-electron chi connectivity index (χ2n) is 7.50. The molecule has 0 radical (unpaired) electrons. The Labute approximate surface area is 139 Å². The molecule has 0 aromatic heterocycles. The Kier molecular flexibility index (Phi) is 4.92. The van der Waals surface area contributed by atoms with Crippen LogP contribution in [0.2, 0.25) is 0 Å². The number of hydrogen-bond acceptors (Lipinski definition) is 4. The number of rotatable bonds is 4. The molecule has 2 aliphatic heterocycles. The maximum Gasteiger partial charge on any atom is 0.237 e. The van der Waals surface area contributed by atoms with Crippen LogP contribution in [0, 0.1) is 5.92 Å². The van der Waals surface area contributed by atoms with Gasteiger partial charge in [-0.2, -0.15) is 0 Å². The number of carbonyl (C=O) groups is 2. The van der Waals surface area contributed by atoms with Gasteiger partial charge in [0.25, 0.3) is 0 Å². The summed E-state index contributed by atoms with van der Waals surface area (Å²) in [5, 5.41) is 3.12. The summed E-state index contributed by atoms with van der Waals surface area (Å²) in [7, 11) is 0. The molecule has 0 unspecified atom stereocenters. The van der Waals surface area contributed by atoms with Gasteiger partial charge in [0.2, 0.25) is 11.8 Å². The highest BCUT2D eigenvalue weighted by Crippen LogP contribution is 2.25. The highest BCUT2D eigenvalue weighted by molar-refractivity contribution is 5.81. The Hall–Kier alpha value is -1.14. The predicted molar refractivity (Wildman–Crippen MR) is 89.0 cm³/mol. The van der Waals surface area contributed by atoms with Crippen LogP contribution in [0.5, 0.6) is 0 Å². The van der Waals surface area contributed by atoms with Crippen LogP contribution in [0.1, 0.15) is 33.6 Å². The van der Waals surface area contributed by atoms with E-state index in [0.29, 0.717) is 18.0 Å². The van der Waals surface area contributed by atoms with Crippen molar-refractivity contribution in [3.05, 3.63) is 0 Å². The van der Waals surface area contributed by atoms with Gasteiger partial charge in [0.15, 0.2) is 0 Å². The number of carbonyl (C=O) groups excluding carboxylic acids is 2. The lowest BCUT2D eigenvalue weighted by molar-refractivity contribution is -0.131. The van der Waals surface area contributed by atoms with Crippen LogP contribution in [-0.4, -0.2) is 83.9 Å². The standard InChI is InChI=1S/C17H30N4O2/c1-12-10-21(13(2)17(23)18-15-4-5-15)11-16(12)20-8-6-19(7-9-20)14(3)22/h12-13,15-16H,4-11H2,1-3H3,(H,18,23)/t12-,13-,16+/m0/s1. The Morgan fingerprint density at radius 2 is 1.74 bits per heavy atom. The number of nitrogens with one attached hydrogen (secondary N) is 1. The quantitative estimate of drug-likeness (QED) is 0.800. The lowest BCUT2D eigenvalue weighted by Crippen LogP contribution is -2.53. The molecule has 0 aromatic carbocycles. The Balaban J connectivity index is 1.52. The van der Waals surface area contributed by atoms with Crippen LogP contribution in [0.3, 0.4) is 0 Å². The molecule has 3 rings (SSSR count). The molecule has 2 amide bonds. The average molecular weight is 322 g/mol. The molecule has 2 saturated heterocycles. The molecule has 6 nitrogen and oxygen atoms in total. The van der Waals surface area contributed by atoms with Crippen LogP contribution in [0.25, 0.3) is 0 Å². The Morgan fingerprint density at radius 1 is 1.09 bits per heavy atom. The van der Waals surface area contributed by atoms with Gasteiger partial charge in [-0.1, -0.05) is 6.92 Å². The third-order valence-electron chi connectivity index (χ3n) is 5.68. The number of hydrogen-bond donors (Lipinski definition) is 1. The largest absolute Gasteiger partial charge is 0.352 e. The maximum atomic E-state index is 12.3. The zero-order valence-corrected chi connectivity index (χ0v) is 14.6. The molecule has 3 aliphatic rings. The van der Waals surface area contributed by atoms with Crippen LogP contribution in [-0.2, 0) is 9.59 Å². The first kappa shape index (κ1) is 16.7. The fourth-order valence-corrected chi connectivity index (χ4v) is 3.86. The number of amides is 2. The van der Waals surface area contributed by atoms with E-state index < -0.39 is 0 Å². The van der Waals surface area contributed by atoms with Gasteiger partial charge in [0.05, 0.1) is 6.04 Å². The van der Waals surface area contributed by atoms with Crippen molar-refractivity contribution < 1.29 is 9.59 Å². The molecule has 23 heavy (non-hydrogen) atoms. The molecule has 1 aliphatic carbocycles. The Morgan fingerprint density at radius 3 is 2.30 bits per heavy atom. The molecule has 2 heterocycles. The highest BCUT2D eigenvalue weighted by Gasteiger charge is 2.39. The highest BCUT2D eigenvalue weighted by atomic mass is 16.2. The first-order valence-electron chi connectivity index (χ1n) is 8.99. The van der Waals surface area contributed by atoms with Crippen molar-refractivity contribution in [2.45, 2.75) is 51.7 Å². The lowest BCUT2D eigenvalue weighted by atomic mass is 10.0. The summed E-state index contributed by atoms with van der Waals surface area (Å²) in [4.78, 5) is 30.5. The molecule has 6 heteroatoms. The van der Waals surface area contributed by atoms with Crippen molar-refractivity contribution in [1.29, 1.82) is 0 Å². The average Bonchev–Trinajstić information content (AvgIpc) is 3.26. The van der Waals surface area contributed by atoms with Crippen molar-refractivity contribution in [3.8, 4) is 0 Å². The molecule has 1 saturated carbocycles. The van der Waals surface area contributed by atoms with Crippen LogP contribution >= 0.6 is 0 Å². The van der Waals surface area contributed by atoms with Gasteiger partial charge in [-0.15, -0.1) is 0 Å². The molecular weight excluding hydrogens is 292 g/mol.